The molecule has 7 nitrogen and oxygen atoms in total. The zero-order chi connectivity index (χ0) is 17.2. The van der Waals surface area contributed by atoms with Crippen LogP contribution in [0.3, 0.4) is 0 Å². The molecule has 7 heteroatoms. The van der Waals surface area contributed by atoms with Crippen LogP contribution in [0.2, 0.25) is 0 Å². The Morgan fingerprint density at radius 3 is 2.76 bits per heavy atom. The first-order valence-electron chi connectivity index (χ1n) is 8.98. The molecular formula is C18H24N4O3. The quantitative estimate of drug-likeness (QED) is 0.768. The highest BCUT2D eigenvalue weighted by Gasteiger charge is 2.41. The maximum absolute atomic E-state index is 12.7. The number of rotatable bonds is 4. The van der Waals surface area contributed by atoms with E-state index in [1.165, 1.54) is 0 Å². The molecule has 2 amide bonds. The Balaban J connectivity index is 1.28. The lowest BCUT2D eigenvalue weighted by atomic mass is 10.0. The minimum Gasteiger partial charge on any atom is -0.379 e. The molecule has 134 valence electrons. The van der Waals surface area contributed by atoms with Gasteiger partial charge in [0.1, 0.15) is 0 Å². The van der Waals surface area contributed by atoms with Gasteiger partial charge in [-0.05, 0) is 11.6 Å². The first-order chi connectivity index (χ1) is 12.2. The van der Waals surface area contributed by atoms with Crippen LogP contribution in [-0.2, 0) is 20.9 Å². The number of morpholine rings is 1. The number of pyridine rings is 1. The van der Waals surface area contributed by atoms with Crippen molar-refractivity contribution in [2.75, 3.05) is 45.9 Å². The lowest BCUT2D eigenvalue weighted by Gasteiger charge is -2.47. The second-order valence-electron chi connectivity index (χ2n) is 7.08. The number of carbonyl (C=O) groups is 2. The number of nitrogens with zero attached hydrogens (tertiary/aromatic N) is 4. The molecule has 0 aliphatic carbocycles. The van der Waals surface area contributed by atoms with E-state index in [2.05, 4.69) is 9.88 Å². The van der Waals surface area contributed by atoms with Gasteiger partial charge in [-0.25, -0.2) is 0 Å². The third-order valence-electron chi connectivity index (χ3n) is 5.40. The van der Waals surface area contributed by atoms with Gasteiger partial charge in [-0.1, -0.05) is 6.07 Å². The lowest BCUT2D eigenvalue weighted by Crippen LogP contribution is -2.63. The van der Waals surface area contributed by atoms with E-state index < -0.39 is 0 Å². The normalized spacial score (nSPS) is 25.3. The Labute approximate surface area is 147 Å². The van der Waals surface area contributed by atoms with Crippen LogP contribution in [0, 0.1) is 5.92 Å². The molecule has 3 aliphatic heterocycles. The SMILES string of the molecule is O=C1C[C@@H](C(=O)N2CC(N3CCOCC3)C2)CN1Cc1cccnc1. The van der Waals surface area contributed by atoms with Crippen molar-refractivity contribution in [1.82, 2.24) is 19.7 Å². The number of ether oxygens (including phenoxy) is 1. The van der Waals surface area contributed by atoms with E-state index in [1.807, 2.05) is 17.0 Å². The predicted octanol–water partition coefficient (Wildman–Crippen LogP) is -0.0269. The Bertz CT molecular complexity index is 626. The van der Waals surface area contributed by atoms with Gasteiger partial charge in [0.15, 0.2) is 0 Å². The molecule has 25 heavy (non-hydrogen) atoms. The van der Waals surface area contributed by atoms with E-state index in [0.717, 1.165) is 45.0 Å². The van der Waals surface area contributed by atoms with E-state index in [1.54, 1.807) is 17.3 Å². The molecule has 0 saturated carbocycles. The molecule has 3 aliphatic rings. The Kier molecular flexibility index (Phi) is 4.67. The van der Waals surface area contributed by atoms with E-state index in [-0.39, 0.29) is 17.7 Å². The highest BCUT2D eigenvalue weighted by atomic mass is 16.5. The first-order valence-corrected chi connectivity index (χ1v) is 8.98. The fourth-order valence-corrected chi connectivity index (χ4v) is 3.87. The maximum Gasteiger partial charge on any atom is 0.228 e. The van der Waals surface area contributed by atoms with Crippen molar-refractivity contribution >= 4 is 11.8 Å². The Morgan fingerprint density at radius 1 is 1.24 bits per heavy atom. The van der Waals surface area contributed by atoms with Crippen molar-refractivity contribution in [3.8, 4) is 0 Å². The highest BCUT2D eigenvalue weighted by Crippen LogP contribution is 2.25. The minimum atomic E-state index is -0.199. The topological polar surface area (TPSA) is 66.0 Å². The summed E-state index contributed by atoms with van der Waals surface area (Å²) in [5.41, 5.74) is 1.00. The second kappa shape index (κ2) is 7.09. The summed E-state index contributed by atoms with van der Waals surface area (Å²) in [6.07, 6.45) is 3.82. The molecule has 0 unspecified atom stereocenters. The average molecular weight is 344 g/mol. The van der Waals surface area contributed by atoms with Crippen LogP contribution in [0.1, 0.15) is 12.0 Å². The highest BCUT2D eigenvalue weighted by molar-refractivity contribution is 5.89. The summed E-state index contributed by atoms with van der Waals surface area (Å²) < 4.78 is 5.38. The van der Waals surface area contributed by atoms with Gasteiger partial charge in [0.25, 0.3) is 0 Å². The van der Waals surface area contributed by atoms with Gasteiger partial charge in [0.05, 0.1) is 19.1 Å². The molecule has 1 aromatic heterocycles. The Morgan fingerprint density at radius 2 is 2.04 bits per heavy atom. The summed E-state index contributed by atoms with van der Waals surface area (Å²) in [7, 11) is 0. The van der Waals surface area contributed by atoms with Crippen LogP contribution >= 0.6 is 0 Å². The van der Waals surface area contributed by atoms with Crippen LogP contribution in [-0.4, -0.2) is 83.5 Å². The Hall–Kier alpha value is -1.99. The van der Waals surface area contributed by atoms with Crippen LogP contribution in [0.4, 0.5) is 0 Å². The van der Waals surface area contributed by atoms with Crippen molar-refractivity contribution < 1.29 is 14.3 Å². The molecule has 4 rings (SSSR count). The fraction of sp³-hybridized carbons (Fsp3) is 0.611. The molecule has 3 fully saturated rings. The number of aromatic nitrogens is 1. The van der Waals surface area contributed by atoms with Crippen molar-refractivity contribution in [2.24, 2.45) is 5.92 Å². The van der Waals surface area contributed by atoms with Gasteiger partial charge in [-0.15, -0.1) is 0 Å². The summed E-state index contributed by atoms with van der Waals surface area (Å²) in [4.78, 5) is 35.1. The largest absolute Gasteiger partial charge is 0.379 e. The van der Waals surface area contributed by atoms with Gasteiger partial charge in [0.2, 0.25) is 11.8 Å². The summed E-state index contributed by atoms with van der Waals surface area (Å²) in [6, 6.07) is 4.28. The zero-order valence-corrected chi connectivity index (χ0v) is 14.3. The number of carbonyl (C=O) groups excluding carboxylic acids is 2. The van der Waals surface area contributed by atoms with Gasteiger partial charge in [0, 0.05) is 64.1 Å². The van der Waals surface area contributed by atoms with Gasteiger partial charge in [-0.2, -0.15) is 0 Å². The summed E-state index contributed by atoms with van der Waals surface area (Å²) in [5.74, 6) is -0.00573. The molecule has 4 heterocycles. The molecule has 3 saturated heterocycles. The monoisotopic (exact) mass is 344 g/mol. The van der Waals surface area contributed by atoms with Gasteiger partial charge >= 0.3 is 0 Å². The molecule has 0 radical (unpaired) electrons. The van der Waals surface area contributed by atoms with Crippen molar-refractivity contribution in [1.29, 1.82) is 0 Å². The molecular weight excluding hydrogens is 320 g/mol. The fourth-order valence-electron chi connectivity index (χ4n) is 3.87. The average Bonchev–Trinajstić information content (AvgIpc) is 2.96. The number of likely N-dealkylation sites (tertiary alicyclic amines) is 2. The molecule has 0 bridgehead atoms. The van der Waals surface area contributed by atoms with E-state index in [9.17, 15) is 9.59 Å². The van der Waals surface area contributed by atoms with E-state index in [4.69, 9.17) is 4.74 Å². The van der Waals surface area contributed by atoms with E-state index >= 15 is 0 Å². The predicted molar refractivity (Wildman–Crippen MR) is 90.5 cm³/mol. The van der Waals surface area contributed by atoms with Crippen molar-refractivity contribution in [3.05, 3.63) is 30.1 Å². The molecule has 0 spiro atoms. The smallest absolute Gasteiger partial charge is 0.228 e. The second-order valence-corrected chi connectivity index (χ2v) is 7.08. The molecule has 1 aromatic rings. The number of amides is 2. The van der Waals surface area contributed by atoms with Crippen molar-refractivity contribution in [3.63, 3.8) is 0 Å². The molecule has 0 N–H and O–H groups in total. The number of hydrogen-bond acceptors (Lipinski definition) is 5. The third-order valence-corrected chi connectivity index (χ3v) is 5.40. The van der Waals surface area contributed by atoms with Crippen molar-refractivity contribution in [2.45, 2.75) is 19.0 Å². The minimum absolute atomic E-state index is 0.0625. The van der Waals surface area contributed by atoms with Crippen LogP contribution in [0.15, 0.2) is 24.5 Å². The van der Waals surface area contributed by atoms with Crippen LogP contribution in [0.25, 0.3) is 0 Å². The van der Waals surface area contributed by atoms with Crippen LogP contribution < -0.4 is 0 Å². The maximum atomic E-state index is 12.7. The standard InChI is InChI=1S/C18H24N4O3/c23-17-8-15(11-21(17)10-14-2-1-3-19-9-14)18(24)22-12-16(13-22)20-4-6-25-7-5-20/h1-3,9,15-16H,4-8,10-13H2/t15-/m1/s1. The lowest BCUT2D eigenvalue weighted by molar-refractivity contribution is -0.144. The number of hydrogen-bond donors (Lipinski definition) is 0. The first kappa shape index (κ1) is 16.5. The zero-order valence-electron chi connectivity index (χ0n) is 14.3. The van der Waals surface area contributed by atoms with E-state index in [0.29, 0.717) is 25.6 Å². The molecule has 1 atom stereocenters. The van der Waals surface area contributed by atoms with Gasteiger partial charge in [-0.3, -0.25) is 19.5 Å². The summed E-state index contributed by atoms with van der Waals surface area (Å²) >= 11 is 0. The molecule has 0 aromatic carbocycles. The summed E-state index contributed by atoms with van der Waals surface area (Å²) in [5, 5.41) is 0. The summed E-state index contributed by atoms with van der Waals surface area (Å²) in [6.45, 7) is 6.09. The third kappa shape index (κ3) is 3.52. The van der Waals surface area contributed by atoms with Gasteiger partial charge < -0.3 is 14.5 Å². The van der Waals surface area contributed by atoms with Crippen LogP contribution in [0.5, 0.6) is 0 Å².